The number of rotatable bonds is 5. The predicted octanol–water partition coefficient (Wildman–Crippen LogP) is 3.58. The molecule has 0 saturated carbocycles. The summed E-state index contributed by atoms with van der Waals surface area (Å²) in [6.45, 7) is 6.36. The molecule has 1 heteroatoms. The third-order valence-corrected chi connectivity index (χ3v) is 2.77. The van der Waals surface area contributed by atoms with Crippen molar-refractivity contribution in [2.45, 2.75) is 39.5 Å². The van der Waals surface area contributed by atoms with Crippen LogP contribution in [0.3, 0.4) is 0 Å². The van der Waals surface area contributed by atoms with Crippen molar-refractivity contribution in [3.63, 3.8) is 0 Å². The minimum atomic E-state index is 0.176. The molecule has 0 heterocycles. The van der Waals surface area contributed by atoms with Gasteiger partial charge in [-0.05, 0) is 29.9 Å². The van der Waals surface area contributed by atoms with E-state index in [4.69, 9.17) is 0 Å². The Morgan fingerprint density at radius 1 is 1.13 bits per heavy atom. The SMILES string of the molecule is CC(C=O)CCc1ccc(C(C)C)cc1. The van der Waals surface area contributed by atoms with E-state index in [1.165, 1.54) is 11.1 Å². The fourth-order valence-corrected chi connectivity index (χ4v) is 1.53. The van der Waals surface area contributed by atoms with E-state index in [2.05, 4.69) is 38.1 Å². The molecule has 0 spiro atoms. The van der Waals surface area contributed by atoms with Crippen molar-refractivity contribution in [3.05, 3.63) is 35.4 Å². The molecule has 1 atom stereocenters. The van der Waals surface area contributed by atoms with Crippen LogP contribution in [-0.2, 0) is 11.2 Å². The van der Waals surface area contributed by atoms with E-state index in [0.29, 0.717) is 5.92 Å². The summed E-state index contributed by atoms with van der Waals surface area (Å²) in [5, 5.41) is 0. The van der Waals surface area contributed by atoms with Crippen molar-refractivity contribution < 1.29 is 4.79 Å². The van der Waals surface area contributed by atoms with Gasteiger partial charge in [0.25, 0.3) is 0 Å². The molecule has 82 valence electrons. The normalized spacial score (nSPS) is 12.8. The predicted molar refractivity (Wildman–Crippen MR) is 64.1 cm³/mol. The highest BCUT2D eigenvalue weighted by Gasteiger charge is 2.02. The summed E-state index contributed by atoms with van der Waals surface area (Å²) in [4.78, 5) is 10.5. The lowest BCUT2D eigenvalue weighted by Gasteiger charge is -2.07. The molecule has 0 aromatic heterocycles. The van der Waals surface area contributed by atoms with Crippen LogP contribution in [0, 0.1) is 5.92 Å². The van der Waals surface area contributed by atoms with Gasteiger partial charge < -0.3 is 4.79 Å². The van der Waals surface area contributed by atoms with Crippen LogP contribution in [0.15, 0.2) is 24.3 Å². The summed E-state index contributed by atoms with van der Waals surface area (Å²) in [7, 11) is 0. The molecule has 1 nitrogen and oxygen atoms in total. The molecule has 0 aliphatic carbocycles. The van der Waals surface area contributed by atoms with Gasteiger partial charge >= 0.3 is 0 Å². The zero-order chi connectivity index (χ0) is 11.3. The van der Waals surface area contributed by atoms with Crippen molar-refractivity contribution >= 4 is 6.29 Å². The van der Waals surface area contributed by atoms with Gasteiger partial charge in [0, 0.05) is 5.92 Å². The van der Waals surface area contributed by atoms with Crippen molar-refractivity contribution in [3.8, 4) is 0 Å². The molecule has 1 aromatic carbocycles. The number of carbonyl (C=O) groups excluding carboxylic acids is 1. The van der Waals surface area contributed by atoms with Gasteiger partial charge in [-0.1, -0.05) is 45.0 Å². The highest BCUT2D eigenvalue weighted by Crippen LogP contribution is 2.16. The number of benzene rings is 1. The topological polar surface area (TPSA) is 17.1 Å². The van der Waals surface area contributed by atoms with E-state index in [1.54, 1.807) is 0 Å². The van der Waals surface area contributed by atoms with Crippen molar-refractivity contribution in [1.82, 2.24) is 0 Å². The monoisotopic (exact) mass is 204 g/mol. The Kier molecular flexibility index (Phi) is 4.54. The third-order valence-electron chi connectivity index (χ3n) is 2.77. The van der Waals surface area contributed by atoms with Gasteiger partial charge in [-0.3, -0.25) is 0 Å². The Morgan fingerprint density at radius 2 is 1.73 bits per heavy atom. The maximum Gasteiger partial charge on any atom is 0.122 e. The van der Waals surface area contributed by atoms with Gasteiger partial charge in [-0.2, -0.15) is 0 Å². The molecule has 0 bridgehead atoms. The lowest BCUT2D eigenvalue weighted by Crippen LogP contribution is -1.98. The van der Waals surface area contributed by atoms with Crippen LogP contribution in [-0.4, -0.2) is 6.29 Å². The first-order valence-corrected chi connectivity index (χ1v) is 5.67. The number of hydrogen-bond donors (Lipinski definition) is 0. The zero-order valence-electron chi connectivity index (χ0n) is 9.86. The number of aryl methyl sites for hydroxylation is 1. The van der Waals surface area contributed by atoms with Crippen molar-refractivity contribution in [2.75, 3.05) is 0 Å². The first kappa shape index (κ1) is 12.0. The molecule has 1 rings (SSSR count). The molecule has 0 aliphatic heterocycles. The van der Waals surface area contributed by atoms with Gasteiger partial charge in [-0.25, -0.2) is 0 Å². The summed E-state index contributed by atoms with van der Waals surface area (Å²) in [6.07, 6.45) is 2.98. The molecule has 15 heavy (non-hydrogen) atoms. The zero-order valence-corrected chi connectivity index (χ0v) is 9.86. The van der Waals surface area contributed by atoms with E-state index in [-0.39, 0.29) is 5.92 Å². The Labute approximate surface area is 92.5 Å². The first-order chi connectivity index (χ1) is 7.13. The Bertz CT molecular complexity index is 298. The van der Waals surface area contributed by atoms with Crippen LogP contribution >= 0.6 is 0 Å². The fourth-order valence-electron chi connectivity index (χ4n) is 1.53. The van der Waals surface area contributed by atoms with Gasteiger partial charge in [0.15, 0.2) is 0 Å². The molecule has 0 fully saturated rings. The van der Waals surface area contributed by atoms with Crippen LogP contribution in [0.4, 0.5) is 0 Å². The average Bonchev–Trinajstić information content (AvgIpc) is 2.26. The Balaban J connectivity index is 2.53. The van der Waals surface area contributed by atoms with E-state index in [9.17, 15) is 4.79 Å². The van der Waals surface area contributed by atoms with Crippen LogP contribution in [0.1, 0.15) is 44.2 Å². The van der Waals surface area contributed by atoms with E-state index < -0.39 is 0 Å². The standard InChI is InChI=1S/C14H20O/c1-11(2)14-8-6-13(7-9-14)5-4-12(3)10-15/h6-12H,4-5H2,1-3H3. The molecule has 0 N–H and O–H groups in total. The number of aldehydes is 1. The minimum Gasteiger partial charge on any atom is -0.303 e. The molecule has 1 unspecified atom stereocenters. The fraction of sp³-hybridized carbons (Fsp3) is 0.500. The molecule has 0 saturated heterocycles. The molecule has 0 aliphatic rings. The van der Waals surface area contributed by atoms with Crippen LogP contribution in [0.25, 0.3) is 0 Å². The van der Waals surface area contributed by atoms with Crippen LogP contribution in [0.5, 0.6) is 0 Å². The highest BCUT2D eigenvalue weighted by atomic mass is 16.1. The molecular formula is C14H20O. The van der Waals surface area contributed by atoms with Gasteiger partial charge in [-0.15, -0.1) is 0 Å². The molecule has 1 aromatic rings. The average molecular weight is 204 g/mol. The molecule has 0 radical (unpaired) electrons. The highest BCUT2D eigenvalue weighted by molar-refractivity contribution is 5.52. The Hall–Kier alpha value is -1.11. The second kappa shape index (κ2) is 5.69. The smallest absolute Gasteiger partial charge is 0.122 e. The molecule has 0 amide bonds. The van der Waals surface area contributed by atoms with Gasteiger partial charge in [0.2, 0.25) is 0 Å². The minimum absolute atomic E-state index is 0.176. The second-order valence-electron chi connectivity index (χ2n) is 4.55. The van der Waals surface area contributed by atoms with E-state index in [0.717, 1.165) is 19.1 Å². The maximum absolute atomic E-state index is 10.5. The lowest BCUT2D eigenvalue weighted by atomic mass is 9.98. The van der Waals surface area contributed by atoms with Crippen molar-refractivity contribution in [1.29, 1.82) is 0 Å². The number of carbonyl (C=O) groups is 1. The van der Waals surface area contributed by atoms with E-state index in [1.807, 2.05) is 6.92 Å². The van der Waals surface area contributed by atoms with Gasteiger partial charge in [0.05, 0.1) is 0 Å². The van der Waals surface area contributed by atoms with Crippen LogP contribution in [0.2, 0.25) is 0 Å². The maximum atomic E-state index is 10.5. The van der Waals surface area contributed by atoms with Gasteiger partial charge in [0.1, 0.15) is 6.29 Å². The number of hydrogen-bond acceptors (Lipinski definition) is 1. The lowest BCUT2D eigenvalue weighted by molar-refractivity contribution is -0.110. The summed E-state index contributed by atoms with van der Waals surface area (Å²) >= 11 is 0. The van der Waals surface area contributed by atoms with E-state index >= 15 is 0 Å². The summed E-state index contributed by atoms with van der Waals surface area (Å²) < 4.78 is 0. The quantitative estimate of drug-likeness (QED) is 0.670. The summed E-state index contributed by atoms with van der Waals surface area (Å²) in [5.41, 5.74) is 2.70. The Morgan fingerprint density at radius 3 is 2.20 bits per heavy atom. The second-order valence-corrected chi connectivity index (χ2v) is 4.55. The summed E-state index contributed by atoms with van der Waals surface area (Å²) in [5.74, 6) is 0.766. The van der Waals surface area contributed by atoms with Crippen LogP contribution < -0.4 is 0 Å². The third kappa shape index (κ3) is 3.86. The first-order valence-electron chi connectivity index (χ1n) is 5.67. The van der Waals surface area contributed by atoms with Crippen molar-refractivity contribution in [2.24, 2.45) is 5.92 Å². The summed E-state index contributed by atoms with van der Waals surface area (Å²) in [6, 6.07) is 8.72. The largest absolute Gasteiger partial charge is 0.303 e. The molecular weight excluding hydrogens is 184 g/mol.